The molecule has 0 spiro atoms. The smallest absolute Gasteiger partial charge is 0.241 e. The molecule has 0 aliphatic heterocycles. The van der Waals surface area contributed by atoms with Gasteiger partial charge in [-0.1, -0.05) is 48.5 Å². The summed E-state index contributed by atoms with van der Waals surface area (Å²) >= 11 is 0. The number of rotatable bonds is 5. The minimum absolute atomic E-state index is 0.171. The van der Waals surface area contributed by atoms with Gasteiger partial charge in [-0.2, -0.15) is 5.10 Å². The van der Waals surface area contributed by atoms with E-state index in [2.05, 4.69) is 39.4 Å². The number of amides is 1. The zero-order valence-electron chi connectivity index (χ0n) is 14.6. The first-order chi connectivity index (χ1) is 13.2. The number of aromatic nitrogens is 1. The lowest BCUT2D eigenvalue weighted by atomic mass is 10.2. The van der Waals surface area contributed by atoms with Crippen molar-refractivity contribution in [3.8, 4) is 0 Å². The molecule has 27 heavy (non-hydrogen) atoms. The summed E-state index contributed by atoms with van der Waals surface area (Å²) < 4.78 is 15.0. The lowest BCUT2D eigenvalue weighted by molar-refractivity contribution is -0.121. The van der Waals surface area contributed by atoms with Gasteiger partial charge in [-0.05, 0) is 29.8 Å². The predicted molar refractivity (Wildman–Crippen MR) is 106 cm³/mol. The Kier molecular flexibility index (Phi) is 4.66. The van der Waals surface area contributed by atoms with Crippen molar-refractivity contribution in [1.82, 2.24) is 9.99 Å². The van der Waals surface area contributed by atoms with E-state index in [1.165, 1.54) is 29.1 Å². The molecule has 0 saturated heterocycles. The molecule has 0 bridgehead atoms. The second kappa shape index (κ2) is 7.41. The molecule has 4 nitrogen and oxygen atoms in total. The molecule has 1 N–H and O–H groups in total. The van der Waals surface area contributed by atoms with E-state index in [0.717, 1.165) is 16.6 Å². The van der Waals surface area contributed by atoms with Crippen LogP contribution in [0.5, 0.6) is 0 Å². The third kappa shape index (κ3) is 3.58. The van der Waals surface area contributed by atoms with Crippen molar-refractivity contribution in [2.75, 3.05) is 0 Å². The number of carbonyl (C=O) groups is 1. The van der Waals surface area contributed by atoms with Crippen LogP contribution in [0.2, 0.25) is 0 Å². The summed E-state index contributed by atoms with van der Waals surface area (Å²) in [6.07, 6.45) is 1.81. The highest BCUT2D eigenvalue weighted by Gasteiger charge is 2.10. The van der Waals surface area contributed by atoms with Crippen LogP contribution in [0.4, 0.5) is 4.39 Å². The predicted octanol–water partition coefficient (Wildman–Crippen LogP) is 4.47. The van der Waals surface area contributed by atoms with Gasteiger partial charge in [0.1, 0.15) is 5.82 Å². The number of hydrogen-bond acceptors (Lipinski definition) is 2. The number of hydrogen-bond donors (Lipinski definition) is 1. The maximum absolute atomic E-state index is 12.9. The highest BCUT2D eigenvalue weighted by Crippen LogP contribution is 2.28. The summed E-state index contributed by atoms with van der Waals surface area (Å²) in [5.41, 5.74) is 5.47. The highest BCUT2D eigenvalue weighted by molar-refractivity contribution is 6.08. The van der Waals surface area contributed by atoms with Crippen LogP contribution in [-0.2, 0) is 11.3 Å². The number of carbonyl (C=O) groups excluding carboxylic acids is 1. The summed E-state index contributed by atoms with van der Waals surface area (Å²) in [4.78, 5) is 12.2. The summed E-state index contributed by atoms with van der Waals surface area (Å²) in [7, 11) is 0. The molecular weight excluding hydrogens is 341 g/mol. The summed E-state index contributed by atoms with van der Waals surface area (Å²) in [6.45, 7) is 0.561. The Morgan fingerprint density at radius 2 is 1.52 bits per heavy atom. The molecular formula is C22H18FN3O. The third-order valence-corrected chi connectivity index (χ3v) is 4.52. The van der Waals surface area contributed by atoms with Crippen molar-refractivity contribution in [3.05, 3.63) is 84.2 Å². The molecule has 0 unspecified atom stereocenters. The lowest BCUT2D eigenvalue weighted by Gasteiger charge is -2.06. The summed E-state index contributed by atoms with van der Waals surface area (Å²) in [6, 6.07) is 22.3. The molecule has 1 amide bonds. The van der Waals surface area contributed by atoms with E-state index in [1.54, 1.807) is 12.1 Å². The van der Waals surface area contributed by atoms with Crippen LogP contribution < -0.4 is 5.43 Å². The fourth-order valence-electron chi connectivity index (χ4n) is 3.24. The van der Waals surface area contributed by atoms with E-state index in [-0.39, 0.29) is 11.7 Å². The quantitative estimate of drug-likeness (QED) is 0.415. The largest absolute Gasteiger partial charge is 0.340 e. The van der Waals surface area contributed by atoms with Gasteiger partial charge in [0, 0.05) is 34.8 Å². The van der Waals surface area contributed by atoms with Crippen molar-refractivity contribution >= 4 is 33.9 Å². The van der Waals surface area contributed by atoms with Crippen molar-refractivity contribution in [2.24, 2.45) is 5.10 Å². The number of halogens is 1. The molecule has 4 rings (SSSR count). The summed E-state index contributed by atoms with van der Waals surface area (Å²) in [5.74, 6) is -0.474. The molecule has 0 atom stereocenters. The third-order valence-electron chi connectivity index (χ3n) is 4.52. The zero-order valence-corrected chi connectivity index (χ0v) is 14.6. The van der Waals surface area contributed by atoms with E-state index in [0.29, 0.717) is 13.0 Å². The fraction of sp³-hybridized carbons (Fsp3) is 0.0909. The first-order valence-electron chi connectivity index (χ1n) is 8.76. The lowest BCUT2D eigenvalue weighted by Crippen LogP contribution is -2.19. The number of nitrogens with one attached hydrogen (secondary N) is 1. The standard InChI is InChI=1S/C22H18FN3O/c23-17-11-9-16(10-12-17)15-24-25-22(27)13-14-26-20-7-3-1-5-18(20)19-6-2-4-8-21(19)26/h1-12,15H,13-14H2,(H,25,27). The summed E-state index contributed by atoms with van der Waals surface area (Å²) in [5, 5.41) is 6.31. The second-order valence-corrected chi connectivity index (χ2v) is 6.28. The van der Waals surface area contributed by atoms with Gasteiger partial charge in [-0.25, -0.2) is 9.82 Å². The average Bonchev–Trinajstić information content (AvgIpc) is 3.02. The van der Waals surface area contributed by atoms with Crippen LogP contribution in [-0.4, -0.2) is 16.7 Å². The van der Waals surface area contributed by atoms with Gasteiger partial charge >= 0.3 is 0 Å². The number of benzene rings is 3. The number of aryl methyl sites for hydroxylation is 1. The first kappa shape index (κ1) is 17.0. The Balaban J connectivity index is 1.46. The van der Waals surface area contributed by atoms with Crippen LogP contribution in [0.25, 0.3) is 21.8 Å². The van der Waals surface area contributed by atoms with Gasteiger partial charge in [0.15, 0.2) is 0 Å². The van der Waals surface area contributed by atoms with Gasteiger partial charge in [-0.3, -0.25) is 4.79 Å². The molecule has 0 saturated carbocycles. The Morgan fingerprint density at radius 1 is 0.926 bits per heavy atom. The topological polar surface area (TPSA) is 46.4 Å². The number of fused-ring (bicyclic) bond motifs is 3. The number of para-hydroxylation sites is 2. The molecule has 0 radical (unpaired) electrons. The fourth-order valence-corrected chi connectivity index (χ4v) is 3.24. The van der Waals surface area contributed by atoms with Gasteiger partial charge in [0.25, 0.3) is 0 Å². The van der Waals surface area contributed by atoms with Crippen LogP contribution in [0.3, 0.4) is 0 Å². The van der Waals surface area contributed by atoms with E-state index in [9.17, 15) is 9.18 Å². The van der Waals surface area contributed by atoms with Gasteiger partial charge in [-0.15, -0.1) is 0 Å². The SMILES string of the molecule is O=C(CCn1c2ccccc2c2ccccc21)NN=Cc1ccc(F)cc1. The minimum Gasteiger partial charge on any atom is -0.340 e. The Morgan fingerprint density at radius 3 is 2.15 bits per heavy atom. The van der Waals surface area contributed by atoms with E-state index >= 15 is 0 Å². The van der Waals surface area contributed by atoms with Crippen molar-refractivity contribution in [3.63, 3.8) is 0 Å². The van der Waals surface area contributed by atoms with Crippen molar-refractivity contribution in [2.45, 2.75) is 13.0 Å². The van der Waals surface area contributed by atoms with Gasteiger partial charge in [0.2, 0.25) is 5.91 Å². The molecule has 0 aliphatic rings. The molecule has 1 heterocycles. The average molecular weight is 359 g/mol. The van der Waals surface area contributed by atoms with Crippen LogP contribution in [0.1, 0.15) is 12.0 Å². The molecule has 1 aromatic heterocycles. The number of nitrogens with zero attached hydrogens (tertiary/aromatic N) is 2. The van der Waals surface area contributed by atoms with Crippen molar-refractivity contribution in [1.29, 1.82) is 0 Å². The zero-order chi connectivity index (χ0) is 18.6. The minimum atomic E-state index is -0.303. The molecule has 0 aliphatic carbocycles. The molecule has 0 fully saturated rings. The second-order valence-electron chi connectivity index (χ2n) is 6.28. The van der Waals surface area contributed by atoms with Gasteiger partial charge in [0.05, 0.1) is 6.21 Å². The molecule has 3 aromatic carbocycles. The Bertz CT molecular complexity index is 1080. The Hall–Kier alpha value is -3.47. The normalized spacial score (nSPS) is 11.4. The van der Waals surface area contributed by atoms with Gasteiger partial charge < -0.3 is 4.57 Å². The number of hydrazone groups is 1. The van der Waals surface area contributed by atoms with E-state index < -0.39 is 0 Å². The Labute approximate surface area is 155 Å². The monoisotopic (exact) mass is 359 g/mol. The maximum Gasteiger partial charge on any atom is 0.241 e. The molecule has 4 aromatic rings. The molecule has 5 heteroatoms. The molecule has 134 valence electrons. The first-order valence-corrected chi connectivity index (χ1v) is 8.76. The van der Waals surface area contributed by atoms with Crippen LogP contribution >= 0.6 is 0 Å². The van der Waals surface area contributed by atoms with Crippen LogP contribution in [0.15, 0.2) is 77.9 Å². The van der Waals surface area contributed by atoms with E-state index in [4.69, 9.17) is 0 Å². The van der Waals surface area contributed by atoms with Crippen LogP contribution in [0, 0.1) is 5.82 Å². The maximum atomic E-state index is 12.9. The van der Waals surface area contributed by atoms with Crippen molar-refractivity contribution < 1.29 is 9.18 Å². The highest BCUT2D eigenvalue weighted by atomic mass is 19.1. The van der Waals surface area contributed by atoms with E-state index in [1.807, 2.05) is 24.3 Å².